The van der Waals surface area contributed by atoms with E-state index < -0.39 is 0 Å². The number of hydrogen-bond acceptors (Lipinski definition) is 4. The summed E-state index contributed by atoms with van der Waals surface area (Å²) in [5.41, 5.74) is 0.656. The maximum absolute atomic E-state index is 12.2. The predicted molar refractivity (Wildman–Crippen MR) is 89.5 cm³/mol. The molecule has 1 aromatic heterocycles. The van der Waals surface area contributed by atoms with Crippen molar-refractivity contribution in [2.45, 2.75) is 13.8 Å². The molecule has 0 N–H and O–H groups in total. The fourth-order valence-corrected chi connectivity index (χ4v) is 4.68. The molecular formula is C13H18Br2N2O2S. The molecule has 4 nitrogen and oxygen atoms in total. The highest BCUT2D eigenvalue weighted by atomic mass is 79.9. The Hall–Kier alpha value is -0.240. The molecule has 0 atom stereocenters. The van der Waals surface area contributed by atoms with Gasteiger partial charge in [-0.3, -0.25) is 14.5 Å². The van der Waals surface area contributed by atoms with E-state index in [0.717, 1.165) is 7.57 Å². The first-order chi connectivity index (χ1) is 9.38. The number of thiophene rings is 1. The fraction of sp³-hybridized carbons (Fsp3) is 0.538. The van der Waals surface area contributed by atoms with E-state index in [0.29, 0.717) is 18.7 Å². The van der Waals surface area contributed by atoms with Gasteiger partial charge in [0.25, 0.3) is 0 Å². The van der Waals surface area contributed by atoms with Crippen molar-refractivity contribution in [3.63, 3.8) is 0 Å². The van der Waals surface area contributed by atoms with Gasteiger partial charge in [-0.05, 0) is 58.8 Å². The molecule has 0 aromatic carbocycles. The van der Waals surface area contributed by atoms with Crippen molar-refractivity contribution in [3.8, 4) is 0 Å². The van der Waals surface area contributed by atoms with Crippen LogP contribution >= 0.6 is 43.2 Å². The Morgan fingerprint density at radius 1 is 1.20 bits per heavy atom. The van der Waals surface area contributed by atoms with Gasteiger partial charge >= 0.3 is 0 Å². The summed E-state index contributed by atoms with van der Waals surface area (Å²) in [7, 11) is 1.79. The number of likely N-dealkylation sites (N-methyl/N-ethyl adjacent to an activating group) is 2. The minimum Gasteiger partial charge on any atom is -0.342 e. The zero-order chi connectivity index (χ0) is 15.3. The van der Waals surface area contributed by atoms with Crippen molar-refractivity contribution >= 4 is 54.9 Å². The third kappa shape index (κ3) is 4.95. The third-order valence-electron chi connectivity index (χ3n) is 2.89. The zero-order valence-corrected chi connectivity index (χ0v) is 15.8. The van der Waals surface area contributed by atoms with E-state index in [-0.39, 0.29) is 24.8 Å². The maximum Gasteiger partial charge on any atom is 0.236 e. The van der Waals surface area contributed by atoms with Crippen LogP contribution in [0.2, 0.25) is 0 Å². The van der Waals surface area contributed by atoms with Gasteiger partial charge in [0.15, 0.2) is 5.78 Å². The number of amides is 1. The van der Waals surface area contributed by atoms with Crippen LogP contribution < -0.4 is 0 Å². The normalized spacial score (nSPS) is 10.9. The van der Waals surface area contributed by atoms with Gasteiger partial charge in [-0.25, -0.2) is 0 Å². The second-order valence-electron chi connectivity index (χ2n) is 4.40. The molecule has 0 saturated carbocycles. The van der Waals surface area contributed by atoms with Crippen LogP contribution in [0.15, 0.2) is 13.6 Å². The summed E-state index contributed by atoms with van der Waals surface area (Å²) in [5, 5.41) is 0. The Kier molecular flexibility index (Phi) is 7.36. The van der Waals surface area contributed by atoms with Crippen molar-refractivity contribution in [2.24, 2.45) is 0 Å². The number of carbonyl (C=O) groups is 2. The summed E-state index contributed by atoms with van der Waals surface area (Å²) in [4.78, 5) is 27.6. The first-order valence-electron chi connectivity index (χ1n) is 6.33. The Bertz CT molecular complexity index is 487. The largest absolute Gasteiger partial charge is 0.342 e. The molecule has 0 fully saturated rings. The molecule has 1 amide bonds. The quantitative estimate of drug-likeness (QED) is 0.629. The number of hydrogen-bond donors (Lipinski definition) is 0. The number of carbonyl (C=O) groups excluding carboxylic acids is 2. The van der Waals surface area contributed by atoms with Crippen molar-refractivity contribution < 1.29 is 9.59 Å². The van der Waals surface area contributed by atoms with E-state index in [1.165, 1.54) is 11.3 Å². The lowest BCUT2D eigenvalue weighted by Gasteiger charge is -2.22. The lowest BCUT2D eigenvalue weighted by atomic mass is 10.2. The van der Waals surface area contributed by atoms with Crippen LogP contribution in [0.25, 0.3) is 0 Å². The molecule has 0 spiro atoms. The molecule has 0 aliphatic heterocycles. The number of Topliss-reactive ketones (excluding diaryl/α,β-unsaturated/α-hetero) is 1. The molecule has 0 radical (unpaired) electrons. The maximum atomic E-state index is 12.2. The SMILES string of the molecule is CCN(CC)C(=O)CN(C)CC(=O)c1cc(Br)sc1Br. The van der Waals surface area contributed by atoms with E-state index in [2.05, 4.69) is 31.9 Å². The Morgan fingerprint density at radius 3 is 2.25 bits per heavy atom. The van der Waals surface area contributed by atoms with Crippen molar-refractivity contribution in [3.05, 3.63) is 19.2 Å². The summed E-state index contributed by atoms with van der Waals surface area (Å²) in [6.45, 7) is 5.78. The topological polar surface area (TPSA) is 40.6 Å². The summed E-state index contributed by atoms with van der Waals surface area (Å²) in [5.74, 6) is 0.0598. The highest BCUT2D eigenvalue weighted by Gasteiger charge is 2.18. The molecule has 0 unspecified atom stereocenters. The number of rotatable bonds is 7. The highest BCUT2D eigenvalue weighted by Crippen LogP contribution is 2.32. The van der Waals surface area contributed by atoms with Gasteiger partial charge in [0, 0.05) is 18.7 Å². The Labute approximate surface area is 140 Å². The smallest absolute Gasteiger partial charge is 0.236 e. The minimum atomic E-state index is 0.00803. The molecule has 112 valence electrons. The average Bonchev–Trinajstić information content (AvgIpc) is 2.69. The Morgan fingerprint density at radius 2 is 1.80 bits per heavy atom. The van der Waals surface area contributed by atoms with Gasteiger partial charge in [-0.1, -0.05) is 0 Å². The summed E-state index contributed by atoms with van der Waals surface area (Å²) < 4.78 is 1.73. The van der Waals surface area contributed by atoms with E-state index >= 15 is 0 Å². The van der Waals surface area contributed by atoms with E-state index in [1.807, 2.05) is 13.8 Å². The van der Waals surface area contributed by atoms with Crippen LogP contribution in [0.4, 0.5) is 0 Å². The summed E-state index contributed by atoms with van der Waals surface area (Å²) in [6, 6.07) is 1.80. The summed E-state index contributed by atoms with van der Waals surface area (Å²) >= 11 is 8.21. The predicted octanol–water partition coefficient (Wildman–Crippen LogP) is 3.26. The van der Waals surface area contributed by atoms with Gasteiger partial charge in [0.2, 0.25) is 5.91 Å². The van der Waals surface area contributed by atoms with Gasteiger partial charge in [-0.2, -0.15) is 0 Å². The molecule has 0 saturated heterocycles. The van der Waals surface area contributed by atoms with Gasteiger partial charge in [-0.15, -0.1) is 11.3 Å². The van der Waals surface area contributed by atoms with E-state index in [4.69, 9.17) is 0 Å². The third-order valence-corrected chi connectivity index (χ3v) is 5.23. The first kappa shape index (κ1) is 17.8. The average molecular weight is 426 g/mol. The second kappa shape index (κ2) is 8.26. The molecule has 0 aliphatic rings. The van der Waals surface area contributed by atoms with Crippen LogP contribution in [0.5, 0.6) is 0 Å². The van der Waals surface area contributed by atoms with Crippen LogP contribution in [0, 0.1) is 0 Å². The van der Waals surface area contributed by atoms with Crippen molar-refractivity contribution in [1.29, 1.82) is 0 Å². The highest BCUT2D eigenvalue weighted by molar-refractivity contribution is 9.12. The van der Waals surface area contributed by atoms with Crippen LogP contribution in [0.3, 0.4) is 0 Å². The monoisotopic (exact) mass is 424 g/mol. The van der Waals surface area contributed by atoms with Crippen LogP contribution in [-0.2, 0) is 4.79 Å². The fourth-order valence-electron chi connectivity index (χ4n) is 1.82. The number of nitrogens with zero attached hydrogens (tertiary/aromatic N) is 2. The van der Waals surface area contributed by atoms with Gasteiger partial charge in [0.1, 0.15) is 0 Å². The first-order valence-corrected chi connectivity index (χ1v) is 8.73. The van der Waals surface area contributed by atoms with Gasteiger partial charge < -0.3 is 4.90 Å². The van der Waals surface area contributed by atoms with Gasteiger partial charge in [0.05, 0.1) is 20.7 Å². The number of ketones is 1. The lowest BCUT2D eigenvalue weighted by Crippen LogP contribution is -2.40. The van der Waals surface area contributed by atoms with E-state index in [1.54, 1.807) is 22.9 Å². The molecule has 1 rings (SSSR count). The Balaban J connectivity index is 2.58. The molecule has 1 aromatic rings. The molecule has 1 heterocycles. The standard InChI is InChI=1S/C13H18Br2N2O2S/c1-4-17(5-2)12(19)8-16(3)7-10(18)9-6-11(14)20-13(9)15/h6H,4-5,7-8H2,1-3H3. The zero-order valence-electron chi connectivity index (χ0n) is 11.8. The molecule has 0 aliphatic carbocycles. The molecule has 7 heteroatoms. The van der Waals surface area contributed by atoms with Crippen LogP contribution in [0.1, 0.15) is 24.2 Å². The lowest BCUT2D eigenvalue weighted by molar-refractivity contribution is -0.131. The van der Waals surface area contributed by atoms with Crippen molar-refractivity contribution in [1.82, 2.24) is 9.80 Å². The van der Waals surface area contributed by atoms with Crippen LogP contribution in [-0.4, -0.2) is 54.7 Å². The molecule has 0 bridgehead atoms. The summed E-state index contributed by atoms with van der Waals surface area (Å²) in [6.07, 6.45) is 0. The minimum absolute atomic E-state index is 0.00803. The second-order valence-corrected chi connectivity index (χ2v) is 8.15. The molecule has 20 heavy (non-hydrogen) atoms. The molecular weight excluding hydrogens is 408 g/mol. The number of halogens is 2. The van der Waals surface area contributed by atoms with Crippen molar-refractivity contribution in [2.75, 3.05) is 33.2 Å². The van der Waals surface area contributed by atoms with E-state index in [9.17, 15) is 9.59 Å².